The number of hydrogen-bond donors (Lipinski definition) is 1. The van der Waals surface area contributed by atoms with Crippen LogP contribution in [0.2, 0.25) is 0 Å². The van der Waals surface area contributed by atoms with Crippen molar-refractivity contribution in [1.82, 2.24) is 10.2 Å². The fourth-order valence-corrected chi connectivity index (χ4v) is 4.13. The van der Waals surface area contributed by atoms with Gasteiger partial charge in [0.15, 0.2) is 0 Å². The topological polar surface area (TPSA) is 84.9 Å². The summed E-state index contributed by atoms with van der Waals surface area (Å²) >= 11 is 0. The van der Waals surface area contributed by atoms with E-state index in [-0.39, 0.29) is 17.2 Å². The Bertz CT molecular complexity index is 830. The first-order valence-electron chi connectivity index (χ1n) is 11.4. The highest BCUT2D eigenvalue weighted by Gasteiger charge is 2.36. The zero-order chi connectivity index (χ0) is 24.1. The molecule has 2 amide bonds. The first-order valence-corrected chi connectivity index (χ1v) is 11.4. The lowest BCUT2D eigenvalue weighted by Gasteiger charge is -2.35. The van der Waals surface area contributed by atoms with Crippen LogP contribution in [-0.2, 0) is 19.7 Å². The van der Waals surface area contributed by atoms with Crippen molar-refractivity contribution >= 4 is 18.0 Å². The Morgan fingerprint density at radius 3 is 2.53 bits per heavy atom. The van der Waals surface area contributed by atoms with Gasteiger partial charge >= 0.3 is 12.1 Å². The van der Waals surface area contributed by atoms with Gasteiger partial charge in [-0.05, 0) is 63.6 Å². The number of likely N-dealkylation sites (tertiary alicyclic amines) is 1. The molecule has 1 fully saturated rings. The normalized spacial score (nSPS) is 20.5. The maximum atomic E-state index is 12.6. The predicted molar refractivity (Wildman–Crippen MR) is 124 cm³/mol. The number of nitrogens with zero attached hydrogens (tertiary/aromatic N) is 1. The molecule has 7 nitrogen and oxygen atoms in total. The van der Waals surface area contributed by atoms with E-state index >= 15 is 0 Å². The predicted octanol–water partition coefficient (Wildman–Crippen LogP) is 4.43. The second-order valence-electron chi connectivity index (χ2n) is 10.1. The van der Waals surface area contributed by atoms with Gasteiger partial charge in [-0.25, -0.2) is 9.59 Å². The standard InChI is InChI=1S/C25H38N2O5/c1-8-25(14-10-13-20(28)27(7)16-25)18-11-9-12-19(15-18)31-23(30)26-21(17(2)3)22(29)32-24(4,5)6/h9,11-12,15,17,21H,8,10,13-14,16H2,1-7H3,(H,26,30). The van der Waals surface area contributed by atoms with Crippen molar-refractivity contribution < 1.29 is 23.9 Å². The molecule has 32 heavy (non-hydrogen) atoms. The molecule has 2 rings (SSSR count). The van der Waals surface area contributed by atoms with Gasteiger partial charge in [0, 0.05) is 25.4 Å². The van der Waals surface area contributed by atoms with Crippen LogP contribution in [0.15, 0.2) is 24.3 Å². The fourth-order valence-electron chi connectivity index (χ4n) is 4.13. The first kappa shape index (κ1) is 25.7. The lowest BCUT2D eigenvalue weighted by Crippen LogP contribution is -2.48. The second-order valence-corrected chi connectivity index (χ2v) is 10.1. The van der Waals surface area contributed by atoms with E-state index in [1.54, 1.807) is 31.7 Å². The summed E-state index contributed by atoms with van der Waals surface area (Å²) in [6, 6.07) is 6.65. The van der Waals surface area contributed by atoms with Gasteiger partial charge in [-0.2, -0.15) is 0 Å². The van der Waals surface area contributed by atoms with Gasteiger partial charge in [-0.3, -0.25) is 4.79 Å². The number of nitrogens with one attached hydrogen (secondary N) is 1. The molecule has 1 aliphatic heterocycles. The van der Waals surface area contributed by atoms with Crippen molar-refractivity contribution in [2.24, 2.45) is 5.92 Å². The van der Waals surface area contributed by atoms with Crippen LogP contribution in [0.1, 0.15) is 72.8 Å². The Kier molecular flexibility index (Phi) is 8.32. The molecule has 0 aliphatic carbocycles. The van der Waals surface area contributed by atoms with Crippen LogP contribution in [-0.4, -0.2) is 48.1 Å². The SMILES string of the molecule is CCC1(c2cccc(OC(=O)NC(C(=O)OC(C)(C)C)C(C)C)c2)CCCC(=O)N(C)C1. The number of likely N-dealkylation sites (N-methyl/N-ethyl adjacent to an activating group) is 1. The Hall–Kier alpha value is -2.57. The van der Waals surface area contributed by atoms with Crippen molar-refractivity contribution in [3.05, 3.63) is 29.8 Å². The fraction of sp³-hybridized carbons (Fsp3) is 0.640. The molecule has 1 heterocycles. The lowest BCUT2D eigenvalue weighted by molar-refractivity contribution is -0.158. The van der Waals surface area contributed by atoms with E-state index in [4.69, 9.17) is 9.47 Å². The number of rotatable bonds is 6. The van der Waals surface area contributed by atoms with Gasteiger partial charge < -0.3 is 19.7 Å². The minimum Gasteiger partial charge on any atom is -0.458 e. The Morgan fingerprint density at radius 1 is 1.25 bits per heavy atom. The van der Waals surface area contributed by atoms with Gasteiger partial charge in [0.25, 0.3) is 0 Å². The molecule has 7 heteroatoms. The largest absolute Gasteiger partial charge is 0.458 e. The van der Waals surface area contributed by atoms with Crippen molar-refractivity contribution in [2.45, 2.75) is 84.3 Å². The van der Waals surface area contributed by atoms with E-state index < -0.39 is 23.7 Å². The van der Waals surface area contributed by atoms with E-state index in [0.29, 0.717) is 18.7 Å². The summed E-state index contributed by atoms with van der Waals surface area (Å²) < 4.78 is 11.0. The average molecular weight is 447 g/mol. The van der Waals surface area contributed by atoms with E-state index in [1.165, 1.54) is 0 Å². The minimum atomic E-state index is -0.812. The van der Waals surface area contributed by atoms with Crippen LogP contribution in [0.3, 0.4) is 0 Å². The van der Waals surface area contributed by atoms with Crippen LogP contribution in [0.5, 0.6) is 5.75 Å². The quantitative estimate of drug-likeness (QED) is 0.654. The third kappa shape index (κ3) is 6.71. The van der Waals surface area contributed by atoms with Crippen LogP contribution in [0.25, 0.3) is 0 Å². The van der Waals surface area contributed by atoms with Crippen molar-refractivity contribution in [1.29, 1.82) is 0 Å². The molecule has 2 atom stereocenters. The smallest absolute Gasteiger partial charge is 0.413 e. The molecule has 178 valence electrons. The molecular weight excluding hydrogens is 408 g/mol. The zero-order valence-corrected chi connectivity index (χ0v) is 20.5. The highest BCUT2D eigenvalue weighted by atomic mass is 16.6. The van der Waals surface area contributed by atoms with Crippen LogP contribution < -0.4 is 10.1 Å². The summed E-state index contributed by atoms with van der Waals surface area (Å²) in [5, 5.41) is 2.64. The van der Waals surface area contributed by atoms with Crippen LogP contribution in [0.4, 0.5) is 4.79 Å². The van der Waals surface area contributed by atoms with Crippen LogP contribution >= 0.6 is 0 Å². The minimum absolute atomic E-state index is 0.161. The molecule has 0 bridgehead atoms. The maximum absolute atomic E-state index is 12.6. The number of hydrogen-bond acceptors (Lipinski definition) is 5. The summed E-state index contributed by atoms with van der Waals surface area (Å²) in [4.78, 5) is 39.1. The van der Waals surface area contributed by atoms with Crippen LogP contribution in [0, 0.1) is 5.92 Å². The van der Waals surface area contributed by atoms with Crippen molar-refractivity contribution in [2.75, 3.05) is 13.6 Å². The lowest BCUT2D eigenvalue weighted by atomic mass is 9.74. The summed E-state index contributed by atoms with van der Waals surface area (Å²) in [6.45, 7) is 11.8. The Labute approximate surface area is 191 Å². The third-order valence-corrected chi connectivity index (χ3v) is 5.95. The summed E-state index contributed by atoms with van der Waals surface area (Å²) in [6.07, 6.45) is 2.44. The van der Waals surface area contributed by atoms with E-state index in [1.807, 2.05) is 39.1 Å². The summed E-state index contributed by atoms with van der Waals surface area (Å²) in [5.74, 6) is -0.0906. The Balaban J connectivity index is 2.16. The van der Waals surface area contributed by atoms with Gasteiger partial charge in [-0.1, -0.05) is 32.9 Å². The van der Waals surface area contributed by atoms with Gasteiger partial charge in [0.1, 0.15) is 17.4 Å². The highest BCUT2D eigenvalue weighted by Crippen LogP contribution is 2.37. The van der Waals surface area contributed by atoms with Gasteiger partial charge in [-0.15, -0.1) is 0 Å². The van der Waals surface area contributed by atoms with Crippen molar-refractivity contribution in [3.8, 4) is 5.75 Å². The number of carbonyl (C=O) groups excluding carboxylic acids is 3. The third-order valence-electron chi connectivity index (χ3n) is 5.95. The summed E-state index contributed by atoms with van der Waals surface area (Å²) in [7, 11) is 1.84. The summed E-state index contributed by atoms with van der Waals surface area (Å²) in [5.41, 5.74) is 0.207. The highest BCUT2D eigenvalue weighted by molar-refractivity contribution is 5.82. The molecule has 0 spiro atoms. The van der Waals surface area contributed by atoms with Gasteiger partial charge in [0.2, 0.25) is 5.91 Å². The zero-order valence-electron chi connectivity index (χ0n) is 20.5. The number of carbonyl (C=O) groups is 3. The first-order chi connectivity index (χ1) is 14.9. The number of ether oxygens (including phenoxy) is 2. The average Bonchev–Trinajstić information content (AvgIpc) is 2.83. The Morgan fingerprint density at radius 2 is 1.94 bits per heavy atom. The molecule has 1 N–H and O–H groups in total. The second kappa shape index (κ2) is 10.4. The van der Waals surface area contributed by atoms with Crippen molar-refractivity contribution in [3.63, 3.8) is 0 Å². The molecular formula is C25H38N2O5. The number of esters is 1. The molecule has 1 saturated heterocycles. The monoisotopic (exact) mass is 446 g/mol. The van der Waals surface area contributed by atoms with Gasteiger partial charge in [0.05, 0.1) is 0 Å². The molecule has 1 aliphatic rings. The molecule has 0 saturated carbocycles. The maximum Gasteiger partial charge on any atom is 0.413 e. The van der Waals surface area contributed by atoms with E-state index in [2.05, 4.69) is 12.2 Å². The molecule has 0 radical (unpaired) electrons. The van der Waals surface area contributed by atoms with E-state index in [0.717, 1.165) is 24.8 Å². The number of benzene rings is 1. The molecule has 0 aromatic heterocycles. The van der Waals surface area contributed by atoms with E-state index in [9.17, 15) is 14.4 Å². The molecule has 2 unspecified atom stereocenters. The molecule has 1 aromatic rings. The number of amides is 2. The molecule has 1 aromatic carbocycles.